The van der Waals surface area contributed by atoms with Gasteiger partial charge in [-0.05, 0) is 58.3 Å². The molecule has 0 aliphatic carbocycles. The van der Waals surface area contributed by atoms with Crippen molar-refractivity contribution in [2.75, 3.05) is 18.6 Å². The molecule has 0 unspecified atom stereocenters. The van der Waals surface area contributed by atoms with E-state index in [0.717, 1.165) is 30.6 Å². The fourth-order valence-electron chi connectivity index (χ4n) is 3.45. The molecule has 4 amide bonds. The maximum Gasteiger partial charge on any atom is 0.335 e. The minimum absolute atomic E-state index is 0.0853. The van der Waals surface area contributed by atoms with Crippen LogP contribution in [0.25, 0.3) is 6.08 Å². The normalized spacial score (nSPS) is 14.8. The van der Waals surface area contributed by atoms with Crippen molar-refractivity contribution >= 4 is 51.2 Å². The van der Waals surface area contributed by atoms with Gasteiger partial charge in [0, 0.05) is 12.1 Å². The van der Waals surface area contributed by atoms with Gasteiger partial charge in [-0.2, -0.15) is 0 Å². The second-order valence-corrected chi connectivity index (χ2v) is 8.53. The number of methoxy groups -OCH3 is 1. The molecule has 3 rings (SSSR count). The van der Waals surface area contributed by atoms with E-state index in [-0.39, 0.29) is 16.9 Å². The topological polar surface area (TPSA) is 128 Å². The van der Waals surface area contributed by atoms with E-state index in [1.54, 1.807) is 12.1 Å². The molecule has 0 saturated carbocycles. The molecule has 11 heteroatoms. The number of barbiturate groups is 1. The molecule has 1 aliphatic heterocycles. The van der Waals surface area contributed by atoms with E-state index in [4.69, 9.17) is 9.47 Å². The van der Waals surface area contributed by atoms with Gasteiger partial charge in [-0.3, -0.25) is 25.0 Å². The quantitative estimate of drug-likeness (QED) is 0.146. The monoisotopic (exact) mass is 545 g/mol. The molecule has 10 nitrogen and oxygen atoms in total. The Morgan fingerprint density at radius 2 is 1.83 bits per heavy atom. The first kappa shape index (κ1) is 25.9. The van der Waals surface area contributed by atoms with Crippen molar-refractivity contribution < 1.29 is 28.8 Å². The molecule has 1 fully saturated rings. The predicted molar refractivity (Wildman–Crippen MR) is 132 cm³/mol. The number of carbonyl (C=O) groups is 3. The van der Waals surface area contributed by atoms with Crippen LogP contribution in [0.15, 0.2) is 46.4 Å². The van der Waals surface area contributed by atoms with Crippen LogP contribution in [0.5, 0.6) is 11.5 Å². The van der Waals surface area contributed by atoms with E-state index >= 15 is 0 Å². The Balaban J connectivity index is 1.88. The van der Waals surface area contributed by atoms with Crippen molar-refractivity contribution in [2.45, 2.75) is 32.6 Å². The van der Waals surface area contributed by atoms with Gasteiger partial charge in [-0.25, -0.2) is 9.69 Å². The molecule has 1 saturated heterocycles. The van der Waals surface area contributed by atoms with Crippen LogP contribution >= 0.6 is 15.9 Å². The summed E-state index contributed by atoms with van der Waals surface area (Å²) in [6.07, 6.45) is 5.54. The van der Waals surface area contributed by atoms with Gasteiger partial charge < -0.3 is 9.47 Å². The van der Waals surface area contributed by atoms with Gasteiger partial charge in [0.1, 0.15) is 5.57 Å². The number of rotatable bonds is 10. The number of hydrogen-bond donors (Lipinski definition) is 1. The number of amides is 4. The summed E-state index contributed by atoms with van der Waals surface area (Å²) in [5.41, 5.74) is 0.0610. The number of nitrogens with one attached hydrogen (secondary N) is 1. The highest BCUT2D eigenvalue weighted by Crippen LogP contribution is 2.37. The number of nitro benzene ring substituents is 1. The zero-order valence-corrected chi connectivity index (χ0v) is 20.8. The summed E-state index contributed by atoms with van der Waals surface area (Å²) >= 11 is 3.45. The Morgan fingerprint density at radius 1 is 1.11 bits per heavy atom. The average molecular weight is 546 g/mol. The second kappa shape index (κ2) is 11.6. The van der Waals surface area contributed by atoms with Crippen molar-refractivity contribution in [1.29, 1.82) is 0 Å². The number of ether oxygens (including phenoxy) is 2. The fraction of sp³-hybridized carbons (Fsp3) is 0.292. The highest BCUT2D eigenvalue weighted by Gasteiger charge is 2.37. The molecule has 1 aliphatic rings. The van der Waals surface area contributed by atoms with E-state index in [1.807, 2.05) is 0 Å². The molecular formula is C24H24BrN3O7. The van der Waals surface area contributed by atoms with Gasteiger partial charge in [0.15, 0.2) is 11.5 Å². The number of imide groups is 2. The van der Waals surface area contributed by atoms with E-state index < -0.39 is 22.8 Å². The smallest absolute Gasteiger partial charge is 0.335 e. The first-order valence-electron chi connectivity index (χ1n) is 10.9. The molecule has 1 heterocycles. The van der Waals surface area contributed by atoms with Gasteiger partial charge >= 0.3 is 6.03 Å². The van der Waals surface area contributed by atoms with Gasteiger partial charge in [-0.1, -0.05) is 26.2 Å². The van der Waals surface area contributed by atoms with E-state index in [1.165, 1.54) is 37.5 Å². The highest BCUT2D eigenvalue weighted by atomic mass is 79.9. The Kier molecular flexibility index (Phi) is 8.58. The van der Waals surface area contributed by atoms with Crippen LogP contribution in [-0.2, 0) is 9.59 Å². The molecule has 0 spiro atoms. The number of nitro groups is 1. The molecule has 0 aromatic heterocycles. The lowest BCUT2D eigenvalue weighted by molar-refractivity contribution is -0.384. The van der Waals surface area contributed by atoms with Crippen molar-refractivity contribution in [3.05, 3.63) is 62.1 Å². The predicted octanol–water partition coefficient (Wildman–Crippen LogP) is 4.99. The maximum atomic E-state index is 13.1. The molecule has 184 valence electrons. The number of hydrogen-bond acceptors (Lipinski definition) is 7. The van der Waals surface area contributed by atoms with Crippen molar-refractivity contribution in [3.63, 3.8) is 0 Å². The Morgan fingerprint density at radius 3 is 2.46 bits per heavy atom. The maximum absolute atomic E-state index is 13.1. The SMILES string of the molecule is CCCCCCOc1c(Br)cc(/C=C2/C(=O)NC(=O)N(c3ccc([N+](=O)[O-])cc3)C2=O)cc1OC. The standard InChI is InChI=1S/C24H24BrN3O7/c1-3-4-5-6-11-35-21-19(25)13-15(14-20(21)34-2)12-18-22(29)26-24(31)27(23(18)30)16-7-9-17(10-8-16)28(32)33/h7-10,12-14H,3-6,11H2,1-2H3,(H,26,29,31)/b18-12-. The largest absolute Gasteiger partial charge is 0.493 e. The lowest BCUT2D eigenvalue weighted by Crippen LogP contribution is -2.54. The van der Waals surface area contributed by atoms with E-state index in [0.29, 0.717) is 28.1 Å². The third kappa shape index (κ3) is 6.04. The summed E-state index contributed by atoms with van der Waals surface area (Å²) < 4.78 is 11.9. The van der Waals surface area contributed by atoms with Crippen molar-refractivity contribution in [2.24, 2.45) is 0 Å². The number of carbonyl (C=O) groups excluding carboxylic acids is 3. The molecule has 2 aromatic rings. The summed E-state index contributed by atoms with van der Waals surface area (Å²) in [4.78, 5) is 49.0. The van der Waals surface area contributed by atoms with Crippen LogP contribution in [0.1, 0.15) is 38.2 Å². The van der Waals surface area contributed by atoms with Crippen molar-refractivity contribution in [3.8, 4) is 11.5 Å². The third-order valence-electron chi connectivity index (χ3n) is 5.23. The van der Waals surface area contributed by atoms with Gasteiger partial charge in [-0.15, -0.1) is 0 Å². The lowest BCUT2D eigenvalue weighted by Gasteiger charge is -2.26. The molecule has 0 bridgehead atoms. The summed E-state index contributed by atoms with van der Waals surface area (Å²) in [6, 6.07) is 7.19. The van der Waals surface area contributed by atoms with Crippen LogP contribution in [0.3, 0.4) is 0 Å². The van der Waals surface area contributed by atoms with Crippen molar-refractivity contribution in [1.82, 2.24) is 5.32 Å². The van der Waals surface area contributed by atoms with Gasteiger partial charge in [0.05, 0.1) is 28.8 Å². The lowest BCUT2D eigenvalue weighted by atomic mass is 10.1. The number of non-ortho nitro benzene ring substituents is 1. The summed E-state index contributed by atoms with van der Waals surface area (Å²) in [5, 5.41) is 13.0. The fourth-order valence-corrected chi connectivity index (χ4v) is 4.02. The first-order chi connectivity index (χ1) is 16.8. The Bertz CT molecular complexity index is 1180. The molecule has 0 atom stereocenters. The first-order valence-corrected chi connectivity index (χ1v) is 11.7. The summed E-state index contributed by atoms with van der Waals surface area (Å²) in [6.45, 7) is 2.65. The van der Waals surface area contributed by atoms with E-state index in [2.05, 4.69) is 28.2 Å². The molecule has 2 aromatic carbocycles. The second-order valence-electron chi connectivity index (χ2n) is 7.67. The van der Waals surface area contributed by atoms with Crippen LogP contribution in [0.4, 0.5) is 16.2 Å². The van der Waals surface area contributed by atoms with Crippen LogP contribution in [0.2, 0.25) is 0 Å². The zero-order valence-electron chi connectivity index (χ0n) is 19.2. The zero-order chi connectivity index (χ0) is 25.5. The highest BCUT2D eigenvalue weighted by molar-refractivity contribution is 9.10. The minimum atomic E-state index is -0.948. The Hall–Kier alpha value is -3.73. The minimum Gasteiger partial charge on any atom is -0.493 e. The van der Waals surface area contributed by atoms with Crippen LogP contribution in [0, 0.1) is 10.1 Å². The number of nitrogens with zero attached hydrogens (tertiary/aromatic N) is 2. The summed E-state index contributed by atoms with van der Waals surface area (Å²) in [7, 11) is 1.48. The number of unbranched alkanes of at least 4 members (excludes halogenated alkanes) is 3. The third-order valence-corrected chi connectivity index (χ3v) is 5.82. The molecule has 35 heavy (non-hydrogen) atoms. The summed E-state index contributed by atoms with van der Waals surface area (Å²) in [5.74, 6) is -0.801. The number of urea groups is 1. The van der Waals surface area contributed by atoms with Gasteiger partial charge in [0.2, 0.25) is 0 Å². The van der Waals surface area contributed by atoms with Crippen LogP contribution in [-0.4, -0.2) is 36.5 Å². The van der Waals surface area contributed by atoms with E-state index in [9.17, 15) is 24.5 Å². The number of anilines is 1. The molecule has 0 radical (unpaired) electrons. The Labute approximate surface area is 210 Å². The number of benzene rings is 2. The number of halogens is 1. The average Bonchev–Trinajstić information content (AvgIpc) is 2.82. The van der Waals surface area contributed by atoms with Crippen LogP contribution < -0.4 is 19.7 Å². The molecular weight excluding hydrogens is 522 g/mol. The molecule has 1 N–H and O–H groups in total. The van der Waals surface area contributed by atoms with Gasteiger partial charge in [0.25, 0.3) is 17.5 Å².